The zero-order valence-corrected chi connectivity index (χ0v) is 16.7. The van der Waals surface area contributed by atoms with E-state index in [0.717, 1.165) is 16.8 Å². The molecule has 0 radical (unpaired) electrons. The molecular formula is C24H23N5O. The molecule has 0 aliphatic carbocycles. The quantitative estimate of drug-likeness (QED) is 0.328. The topological polar surface area (TPSA) is 92.4 Å². The highest BCUT2D eigenvalue weighted by Crippen LogP contribution is 2.22. The van der Waals surface area contributed by atoms with E-state index in [1.807, 2.05) is 72.8 Å². The molecule has 0 aliphatic rings. The summed E-state index contributed by atoms with van der Waals surface area (Å²) in [5.41, 5.74) is 10.0. The number of amides is 1. The second-order valence-corrected chi connectivity index (χ2v) is 6.38. The molecule has 0 saturated carbocycles. The molecule has 30 heavy (non-hydrogen) atoms. The van der Waals surface area contributed by atoms with Crippen LogP contribution >= 0.6 is 0 Å². The number of benzene rings is 2. The predicted molar refractivity (Wildman–Crippen MR) is 124 cm³/mol. The van der Waals surface area contributed by atoms with Crippen LogP contribution in [0.4, 0.5) is 11.5 Å². The first-order valence-corrected chi connectivity index (χ1v) is 9.36. The summed E-state index contributed by atoms with van der Waals surface area (Å²) < 4.78 is 0. The number of anilines is 2. The minimum absolute atomic E-state index is 0.262. The highest BCUT2D eigenvalue weighted by molar-refractivity contribution is 6.07. The third-order valence-electron chi connectivity index (χ3n) is 4.26. The normalized spacial score (nSPS) is 11.6. The van der Waals surface area contributed by atoms with Crippen molar-refractivity contribution >= 4 is 28.9 Å². The van der Waals surface area contributed by atoms with Gasteiger partial charge in [0, 0.05) is 30.1 Å². The molecule has 3 rings (SSSR count). The van der Waals surface area contributed by atoms with Gasteiger partial charge in [-0.1, -0.05) is 55.1 Å². The van der Waals surface area contributed by atoms with Gasteiger partial charge in [0.05, 0.1) is 5.69 Å². The summed E-state index contributed by atoms with van der Waals surface area (Å²) in [6.07, 6.45) is 3.00. The van der Waals surface area contributed by atoms with Gasteiger partial charge in [-0.25, -0.2) is 4.98 Å². The fraction of sp³-hybridized carbons (Fsp3) is 0.0417. The summed E-state index contributed by atoms with van der Waals surface area (Å²) in [5, 5.41) is 5.95. The van der Waals surface area contributed by atoms with Crippen LogP contribution in [-0.4, -0.2) is 23.8 Å². The molecule has 3 aromatic rings. The van der Waals surface area contributed by atoms with Crippen LogP contribution in [0.5, 0.6) is 0 Å². The first-order valence-electron chi connectivity index (χ1n) is 9.36. The Morgan fingerprint density at radius 1 is 1.03 bits per heavy atom. The van der Waals surface area contributed by atoms with Crippen molar-refractivity contribution in [3.05, 3.63) is 97.1 Å². The van der Waals surface area contributed by atoms with Gasteiger partial charge in [0.15, 0.2) is 0 Å². The van der Waals surface area contributed by atoms with E-state index in [1.54, 1.807) is 13.1 Å². The summed E-state index contributed by atoms with van der Waals surface area (Å²) in [6.45, 7) is 3.47. The van der Waals surface area contributed by atoms with E-state index in [9.17, 15) is 4.79 Å². The summed E-state index contributed by atoms with van der Waals surface area (Å²) in [4.78, 5) is 20.5. The summed E-state index contributed by atoms with van der Waals surface area (Å²) in [7, 11) is 1.69. The van der Waals surface area contributed by atoms with Crippen molar-refractivity contribution in [3.63, 3.8) is 0 Å². The van der Waals surface area contributed by atoms with Gasteiger partial charge in [-0.2, -0.15) is 0 Å². The van der Waals surface area contributed by atoms with Crippen molar-refractivity contribution in [2.24, 2.45) is 10.7 Å². The van der Waals surface area contributed by atoms with E-state index in [0.29, 0.717) is 23.0 Å². The van der Waals surface area contributed by atoms with E-state index >= 15 is 0 Å². The minimum atomic E-state index is -0.262. The van der Waals surface area contributed by atoms with Gasteiger partial charge in [-0.15, -0.1) is 0 Å². The molecular weight excluding hydrogens is 374 g/mol. The van der Waals surface area contributed by atoms with Crippen LogP contribution in [0.1, 0.15) is 5.56 Å². The van der Waals surface area contributed by atoms with Gasteiger partial charge in [0.2, 0.25) is 5.91 Å². The molecule has 0 atom stereocenters. The highest BCUT2D eigenvalue weighted by Gasteiger charge is 2.06. The lowest BCUT2D eigenvalue weighted by Gasteiger charge is -2.10. The zero-order valence-electron chi connectivity index (χ0n) is 16.7. The molecule has 0 spiro atoms. The van der Waals surface area contributed by atoms with Gasteiger partial charge < -0.3 is 16.4 Å². The molecule has 1 amide bonds. The number of carbonyl (C=O) groups is 1. The summed E-state index contributed by atoms with van der Waals surface area (Å²) in [5.74, 6) is 0.959. The third-order valence-corrected chi connectivity index (χ3v) is 4.26. The zero-order chi connectivity index (χ0) is 21.3. The molecule has 6 heteroatoms. The number of amidine groups is 1. The van der Waals surface area contributed by atoms with Gasteiger partial charge in [-0.05, 0) is 35.9 Å². The second-order valence-electron chi connectivity index (χ2n) is 6.38. The van der Waals surface area contributed by atoms with Crippen LogP contribution < -0.4 is 16.4 Å². The maximum absolute atomic E-state index is 11.5. The van der Waals surface area contributed by atoms with Crippen LogP contribution in [0.2, 0.25) is 0 Å². The average Bonchev–Trinajstić information content (AvgIpc) is 2.79. The number of aromatic nitrogens is 1. The lowest BCUT2D eigenvalue weighted by Crippen LogP contribution is -2.13. The minimum Gasteiger partial charge on any atom is -0.398 e. The number of nitrogens with two attached hydrogens (primary N) is 1. The number of carbonyl (C=O) groups excluding carboxylic acids is 1. The molecule has 1 heterocycles. The first kappa shape index (κ1) is 20.5. The van der Waals surface area contributed by atoms with Crippen molar-refractivity contribution in [1.29, 1.82) is 0 Å². The smallest absolute Gasteiger partial charge is 0.247 e. The molecule has 0 unspecified atom stereocenters. The van der Waals surface area contributed by atoms with Gasteiger partial charge in [0.25, 0.3) is 0 Å². The number of nitrogens with zero attached hydrogens (tertiary/aromatic N) is 2. The van der Waals surface area contributed by atoms with E-state index in [-0.39, 0.29) is 5.91 Å². The fourth-order valence-electron chi connectivity index (χ4n) is 2.76. The third kappa shape index (κ3) is 5.42. The van der Waals surface area contributed by atoms with Crippen molar-refractivity contribution in [2.45, 2.75) is 0 Å². The van der Waals surface area contributed by atoms with Crippen molar-refractivity contribution in [2.75, 3.05) is 17.7 Å². The monoisotopic (exact) mass is 397 g/mol. The Morgan fingerprint density at radius 3 is 2.53 bits per heavy atom. The lowest BCUT2D eigenvalue weighted by atomic mass is 10.1. The van der Waals surface area contributed by atoms with Crippen LogP contribution in [0.25, 0.3) is 17.0 Å². The van der Waals surface area contributed by atoms with Crippen molar-refractivity contribution < 1.29 is 4.79 Å². The van der Waals surface area contributed by atoms with Gasteiger partial charge in [-0.3, -0.25) is 9.79 Å². The van der Waals surface area contributed by atoms with Crippen LogP contribution in [-0.2, 0) is 4.79 Å². The second kappa shape index (κ2) is 9.84. The Balaban J connectivity index is 1.81. The van der Waals surface area contributed by atoms with Gasteiger partial charge in [0.1, 0.15) is 11.7 Å². The number of nitrogens with one attached hydrogen (secondary N) is 2. The van der Waals surface area contributed by atoms with Crippen molar-refractivity contribution in [3.8, 4) is 11.3 Å². The Hall–Kier alpha value is -4.19. The summed E-state index contributed by atoms with van der Waals surface area (Å²) >= 11 is 0. The number of pyridine rings is 1. The van der Waals surface area contributed by atoms with Crippen LogP contribution in [0.15, 0.2) is 96.5 Å². The van der Waals surface area contributed by atoms with E-state index in [1.165, 1.54) is 6.08 Å². The molecule has 0 fully saturated rings. The fourth-order valence-corrected chi connectivity index (χ4v) is 2.76. The standard InChI is InChI=1S/C24H23N5O/c1-3-24(30)27-19-12-7-11-18(15-19)21-13-8-14-22(28-21)29-23(26-2)16-20(25)17-9-5-4-6-10-17/h3-16H,1,25H2,2H3,(H,27,30)(H,26,28,29)/b20-16-. The van der Waals surface area contributed by atoms with E-state index in [4.69, 9.17) is 5.73 Å². The average molecular weight is 397 g/mol. The highest BCUT2D eigenvalue weighted by atomic mass is 16.1. The Kier molecular flexibility index (Phi) is 6.74. The van der Waals surface area contributed by atoms with Gasteiger partial charge >= 0.3 is 0 Å². The molecule has 0 aliphatic heterocycles. The largest absolute Gasteiger partial charge is 0.398 e. The number of rotatable bonds is 6. The molecule has 6 nitrogen and oxygen atoms in total. The van der Waals surface area contributed by atoms with Crippen LogP contribution in [0, 0.1) is 0 Å². The first-order chi connectivity index (χ1) is 14.6. The van der Waals surface area contributed by atoms with E-state index < -0.39 is 0 Å². The van der Waals surface area contributed by atoms with Crippen molar-refractivity contribution in [1.82, 2.24) is 4.98 Å². The van der Waals surface area contributed by atoms with Crippen LogP contribution in [0.3, 0.4) is 0 Å². The lowest BCUT2D eigenvalue weighted by molar-refractivity contribution is -0.111. The maximum atomic E-state index is 11.5. The molecule has 1 aromatic heterocycles. The Bertz CT molecular complexity index is 1100. The molecule has 4 N–H and O–H groups in total. The molecule has 2 aromatic carbocycles. The number of hydrogen-bond donors (Lipinski definition) is 3. The molecule has 0 saturated heterocycles. The predicted octanol–water partition coefficient (Wildman–Crippen LogP) is 4.31. The maximum Gasteiger partial charge on any atom is 0.247 e. The Morgan fingerprint density at radius 2 is 1.80 bits per heavy atom. The molecule has 150 valence electrons. The molecule has 0 bridgehead atoms. The Labute approximate surface area is 175 Å². The SMILES string of the molecule is C=CC(=O)Nc1cccc(-c2cccc(NC(/C=C(\N)c3ccccc3)=NC)n2)c1. The van der Waals surface area contributed by atoms with E-state index in [2.05, 4.69) is 27.2 Å². The summed E-state index contributed by atoms with van der Waals surface area (Å²) in [6, 6.07) is 22.8. The number of aliphatic imine (C=N–C) groups is 1. The number of hydrogen-bond acceptors (Lipinski definition) is 4.